The zero-order valence-electron chi connectivity index (χ0n) is 9.93. The van der Waals surface area contributed by atoms with E-state index in [0.29, 0.717) is 6.42 Å². The Morgan fingerprint density at radius 1 is 1.19 bits per heavy atom. The van der Waals surface area contributed by atoms with Crippen LogP contribution in [-0.4, -0.2) is 61.9 Å². The smallest absolute Gasteiger partial charge is 0.319 e. The van der Waals surface area contributed by atoms with Crippen LogP contribution in [0.1, 0.15) is 13.3 Å². The number of ether oxygens (including phenoxy) is 2. The fourth-order valence-electron chi connectivity index (χ4n) is 1.11. The summed E-state index contributed by atoms with van der Waals surface area (Å²) in [5.41, 5.74) is 0. The summed E-state index contributed by atoms with van der Waals surface area (Å²) in [6, 6.07) is 0. The highest BCUT2D eigenvalue weighted by molar-refractivity contribution is 5.74. The van der Waals surface area contributed by atoms with Gasteiger partial charge in [-0.05, 0) is 6.42 Å². The van der Waals surface area contributed by atoms with Gasteiger partial charge in [-0.3, -0.25) is 14.5 Å². The Morgan fingerprint density at radius 2 is 1.62 bits per heavy atom. The van der Waals surface area contributed by atoms with Gasteiger partial charge in [-0.2, -0.15) is 0 Å². The van der Waals surface area contributed by atoms with E-state index in [-0.39, 0.29) is 19.6 Å². The average Bonchev–Trinajstić information content (AvgIpc) is 2.28. The third-order valence-corrected chi connectivity index (χ3v) is 2.10. The molecule has 0 aromatic rings. The first kappa shape index (κ1) is 14.9. The molecule has 0 aromatic heterocycles. The van der Waals surface area contributed by atoms with Gasteiger partial charge in [0.15, 0.2) is 0 Å². The van der Waals surface area contributed by atoms with Crippen molar-refractivity contribution in [2.75, 3.05) is 33.9 Å². The Bertz CT molecular complexity index is 213. The predicted octanol–water partition coefficient (Wildman–Crippen LogP) is -0.595. The first-order chi connectivity index (χ1) is 7.53. The minimum absolute atomic E-state index is 0.0390. The first-order valence-corrected chi connectivity index (χ1v) is 5.07. The SMILES string of the molecule is CCC(O)CN(CC(=O)OC)CC(=O)OC. The number of aliphatic hydroxyl groups excluding tert-OH is 1. The highest BCUT2D eigenvalue weighted by Crippen LogP contribution is 1.98. The largest absolute Gasteiger partial charge is 0.468 e. The van der Waals surface area contributed by atoms with Crippen LogP contribution in [0.4, 0.5) is 0 Å². The molecule has 0 heterocycles. The van der Waals surface area contributed by atoms with Crippen LogP contribution in [0.5, 0.6) is 0 Å². The molecule has 0 aromatic carbocycles. The molecule has 0 fully saturated rings. The number of rotatable bonds is 7. The maximum absolute atomic E-state index is 11.1. The molecule has 0 spiro atoms. The van der Waals surface area contributed by atoms with Gasteiger partial charge >= 0.3 is 11.9 Å². The van der Waals surface area contributed by atoms with Crippen LogP contribution >= 0.6 is 0 Å². The maximum atomic E-state index is 11.1. The molecule has 0 radical (unpaired) electrons. The third-order valence-electron chi connectivity index (χ3n) is 2.10. The van der Waals surface area contributed by atoms with E-state index in [0.717, 1.165) is 0 Å². The Morgan fingerprint density at radius 3 is 1.94 bits per heavy atom. The van der Waals surface area contributed by atoms with Crippen LogP contribution in [-0.2, 0) is 19.1 Å². The number of carbonyl (C=O) groups excluding carboxylic acids is 2. The van der Waals surface area contributed by atoms with Crippen LogP contribution in [0.15, 0.2) is 0 Å². The van der Waals surface area contributed by atoms with Crippen molar-refractivity contribution < 1.29 is 24.2 Å². The normalized spacial score (nSPS) is 12.3. The minimum atomic E-state index is -0.575. The van der Waals surface area contributed by atoms with Gasteiger partial charge in [-0.15, -0.1) is 0 Å². The number of esters is 2. The van der Waals surface area contributed by atoms with Gasteiger partial charge < -0.3 is 14.6 Å². The van der Waals surface area contributed by atoms with E-state index in [2.05, 4.69) is 9.47 Å². The number of hydrogen-bond donors (Lipinski definition) is 1. The van der Waals surface area contributed by atoms with E-state index >= 15 is 0 Å². The first-order valence-electron chi connectivity index (χ1n) is 5.07. The highest BCUT2D eigenvalue weighted by atomic mass is 16.5. The maximum Gasteiger partial charge on any atom is 0.319 e. The lowest BCUT2D eigenvalue weighted by atomic mass is 10.2. The lowest BCUT2D eigenvalue weighted by Gasteiger charge is -2.21. The van der Waals surface area contributed by atoms with Gasteiger partial charge in [0.25, 0.3) is 0 Å². The Labute approximate surface area is 95.1 Å². The van der Waals surface area contributed by atoms with Crippen molar-refractivity contribution in [1.82, 2.24) is 4.90 Å². The molecule has 0 aliphatic carbocycles. The van der Waals surface area contributed by atoms with Gasteiger partial charge in [-0.1, -0.05) is 6.92 Å². The summed E-state index contributed by atoms with van der Waals surface area (Å²) in [7, 11) is 2.55. The van der Waals surface area contributed by atoms with Crippen molar-refractivity contribution in [3.05, 3.63) is 0 Å². The average molecular weight is 233 g/mol. The number of carbonyl (C=O) groups is 2. The molecule has 0 aliphatic rings. The van der Waals surface area contributed by atoms with E-state index in [1.54, 1.807) is 0 Å². The number of hydrogen-bond acceptors (Lipinski definition) is 6. The van der Waals surface area contributed by atoms with Gasteiger partial charge in [0.1, 0.15) is 0 Å². The molecule has 0 amide bonds. The summed E-state index contributed by atoms with van der Waals surface area (Å²) in [5.74, 6) is -0.903. The second kappa shape index (κ2) is 8.06. The summed E-state index contributed by atoms with van der Waals surface area (Å²) in [6.07, 6.45) is -0.0203. The van der Waals surface area contributed by atoms with E-state index in [4.69, 9.17) is 0 Å². The Balaban J connectivity index is 4.26. The molecule has 0 aliphatic heterocycles. The molecule has 1 unspecified atom stereocenters. The van der Waals surface area contributed by atoms with Crippen LogP contribution in [0.3, 0.4) is 0 Å². The summed E-state index contributed by atoms with van der Waals surface area (Å²) in [4.78, 5) is 23.6. The zero-order valence-corrected chi connectivity index (χ0v) is 9.93. The molecule has 0 bridgehead atoms. The molecule has 1 N–H and O–H groups in total. The molecule has 16 heavy (non-hydrogen) atoms. The molecule has 94 valence electrons. The van der Waals surface area contributed by atoms with Crippen LogP contribution in [0, 0.1) is 0 Å². The van der Waals surface area contributed by atoms with Crippen molar-refractivity contribution in [2.24, 2.45) is 0 Å². The number of aliphatic hydroxyl groups is 1. The van der Waals surface area contributed by atoms with Gasteiger partial charge in [0.2, 0.25) is 0 Å². The number of methoxy groups -OCH3 is 2. The third kappa shape index (κ3) is 6.36. The number of nitrogens with zero attached hydrogens (tertiary/aromatic N) is 1. The Hall–Kier alpha value is -1.14. The fourth-order valence-corrected chi connectivity index (χ4v) is 1.11. The van der Waals surface area contributed by atoms with E-state index < -0.39 is 18.0 Å². The molecule has 6 heteroatoms. The Kier molecular flexibility index (Phi) is 7.49. The molecule has 0 rings (SSSR count). The molecular formula is C10H19NO5. The lowest BCUT2D eigenvalue weighted by Crippen LogP contribution is -2.40. The van der Waals surface area contributed by atoms with Crippen molar-refractivity contribution in [2.45, 2.75) is 19.4 Å². The summed E-state index contributed by atoms with van der Waals surface area (Å²) < 4.78 is 8.99. The second-order valence-corrected chi connectivity index (χ2v) is 3.38. The zero-order chi connectivity index (χ0) is 12.6. The van der Waals surface area contributed by atoms with E-state index in [9.17, 15) is 14.7 Å². The van der Waals surface area contributed by atoms with Gasteiger partial charge in [0, 0.05) is 6.54 Å². The summed E-state index contributed by atoms with van der Waals surface area (Å²) >= 11 is 0. The highest BCUT2D eigenvalue weighted by Gasteiger charge is 2.17. The predicted molar refractivity (Wildman–Crippen MR) is 56.8 cm³/mol. The van der Waals surface area contributed by atoms with Crippen LogP contribution < -0.4 is 0 Å². The summed E-state index contributed by atoms with van der Waals surface area (Å²) in [5, 5.41) is 9.45. The molecular weight excluding hydrogens is 214 g/mol. The van der Waals surface area contributed by atoms with Crippen molar-refractivity contribution in [3.8, 4) is 0 Å². The van der Waals surface area contributed by atoms with E-state index in [1.807, 2.05) is 6.92 Å². The molecule has 0 saturated heterocycles. The van der Waals surface area contributed by atoms with E-state index in [1.165, 1.54) is 19.1 Å². The van der Waals surface area contributed by atoms with Crippen molar-refractivity contribution in [1.29, 1.82) is 0 Å². The van der Waals surface area contributed by atoms with Gasteiger partial charge in [-0.25, -0.2) is 0 Å². The molecule has 0 saturated carbocycles. The molecule has 1 atom stereocenters. The molecule has 6 nitrogen and oxygen atoms in total. The second-order valence-electron chi connectivity index (χ2n) is 3.38. The topological polar surface area (TPSA) is 76.1 Å². The quantitative estimate of drug-likeness (QED) is 0.592. The van der Waals surface area contributed by atoms with Gasteiger partial charge in [0.05, 0.1) is 33.4 Å². The van der Waals surface area contributed by atoms with Crippen LogP contribution in [0.2, 0.25) is 0 Å². The van der Waals surface area contributed by atoms with Crippen molar-refractivity contribution >= 4 is 11.9 Å². The van der Waals surface area contributed by atoms with Crippen molar-refractivity contribution in [3.63, 3.8) is 0 Å². The fraction of sp³-hybridized carbons (Fsp3) is 0.800. The minimum Gasteiger partial charge on any atom is -0.468 e. The standard InChI is InChI=1S/C10H19NO5/c1-4-8(12)5-11(6-9(13)15-2)7-10(14)16-3/h8,12H,4-7H2,1-3H3. The van der Waals surface area contributed by atoms with Crippen LogP contribution in [0.25, 0.3) is 0 Å². The monoisotopic (exact) mass is 233 g/mol. The summed E-state index contributed by atoms with van der Waals surface area (Å²) in [6.45, 7) is 1.98. The lowest BCUT2D eigenvalue weighted by molar-refractivity contribution is -0.146.